The third-order valence-electron chi connectivity index (χ3n) is 3.89. The van der Waals surface area contributed by atoms with E-state index in [2.05, 4.69) is 20.6 Å². The van der Waals surface area contributed by atoms with Crippen LogP contribution in [0.5, 0.6) is 0 Å². The Kier molecular flexibility index (Phi) is 6.05. The summed E-state index contributed by atoms with van der Waals surface area (Å²) in [6.07, 6.45) is 3.81. The molecule has 3 heterocycles. The number of likely N-dealkylation sites (tertiary alicyclic amines) is 1. The highest BCUT2D eigenvalue weighted by atomic mass is 32.1. The maximum Gasteiger partial charge on any atom is 0.241 e. The monoisotopic (exact) mass is 361 g/mol. The van der Waals surface area contributed by atoms with E-state index in [-0.39, 0.29) is 12.5 Å². The summed E-state index contributed by atoms with van der Waals surface area (Å²) in [5.41, 5.74) is 0.756. The lowest BCUT2D eigenvalue weighted by Crippen LogP contribution is -2.44. The van der Waals surface area contributed by atoms with Gasteiger partial charge >= 0.3 is 0 Å². The van der Waals surface area contributed by atoms with Crippen molar-refractivity contribution in [2.75, 3.05) is 26.2 Å². The second kappa shape index (κ2) is 8.66. The molecule has 8 heteroatoms. The second-order valence-corrected chi connectivity index (χ2v) is 6.71. The molecule has 2 N–H and O–H groups in total. The van der Waals surface area contributed by atoms with E-state index in [1.54, 1.807) is 17.6 Å². The smallest absolute Gasteiger partial charge is 0.241 e. The highest BCUT2D eigenvalue weighted by Crippen LogP contribution is 2.23. The van der Waals surface area contributed by atoms with Gasteiger partial charge < -0.3 is 20.0 Å². The van der Waals surface area contributed by atoms with Crippen molar-refractivity contribution in [2.24, 2.45) is 4.99 Å². The van der Waals surface area contributed by atoms with Crippen molar-refractivity contribution in [1.29, 1.82) is 0 Å². The van der Waals surface area contributed by atoms with Crippen LogP contribution in [0.3, 0.4) is 0 Å². The van der Waals surface area contributed by atoms with E-state index in [1.807, 2.05) is 29.3 Å². The average molecular weight is 361 g/mol. The van der Waals surface area contributed by atoms with Crippen molar-refractivity contribution in [2.45, 2.75) is 26.3 Å². The Morgan fingerprint density at radius 3 is 2.96 bits per heavy atom. The molecule has 0 atom stereocenters. The number of nitrogens with zero attached hydrogens (tertiary/aromatic N) is 3. The first kappa shape index (κ1) is 17.5. The third kappa shape index (κ3) is 4.82. The quantitative estimate of drug-likeness (QED) is 0.608. The van der Waals surface area contributed by atoms with Crippen molar-refractivity contribution in [3.05, 3.63) is 29.5 Å². The molecule has 25 heavy (non-hydrogen) atoms. The molecule has 1 aliphatic heterocycles. The van der Waals surface area contributed by atoms with Crippen molar-refractivity contribution < 1.29 is 9.21 Å². The van der Waals surface area contributed by atoms with Gasteiger partial charge in [-0.2, -0.15) is 0 Å². The first-order valence-electron chi connectivity index (χ1n) is 8.54. The zero-order valence-corrected chi connectivity index (χ0v) is 15.1. The molecule has 0 saturated carbocycles. The molecule has 0 aliphatic carbocycles. The highest BCUT2D eigenvalue weighted by molar-refractivity contribution is 7.13. The van der Waals surface area contributed by atoms with Crippen LogP contribution in [0.2, 0.25) is 0 Å². The normalized spacial score (nSPS) is 14.8. The van der Waals surface area contributed by atoms with Crippen molar-refractivity contribution in [1.82, 2.24) is 20.5 Å². The number of rotatable bonds is 6. The first-order chi connectivity index (χ1) is 12.3. The van der Waals surface area contributed by atoms with Gasteiger partial charge in [0.05, 0.1) is 18.0 Å². The molecular formula is C17H23N5O2S. The molecule has 2 aromatic heterocycles. The van der Waals surface area contributed by atoms with E-state index in [4.69, 9.17) is 4.42 Å². The summed E-state index contributed by atoms with van der Waals surface area (Å²) in [4.78, 5) is 23.9. The maximum absolute atomic E-state index is 12.1. The Labute approximate surface area is 151 Å². The van der Waals surface area contributed by atoms with Crippen LogP contribution in [0.1, 0.15) is 25.5 Å². The Morgan fingerprint density at radius 1 is 1.40 bits per heavy atom. The lowest BCUT2D eigenvalue weighted by Gasteiger charge is -2.17. The summed E-state index contributed by atoms with van der Waals surface area (Å²) in [7, 11) is 0. The first-order valence-corrected chi connectivity index (χ1v) is 9.42. The van der Waals surface area contributed by atoms with Gasteiger partial charge in [-0.15, -0.1) is 11.3 Å². The zero-order chi connectivity index (χ0) is 17.5. The summed E-state index contributed by atoms with van der Waals surface area (Å²) >= 11 is 1.59. The number of carbonyl (C=O) groups excluding carboxylic acids is 1. The van der Waals surface area contributed by atoms with Gasteiger partial charge in [-0.1, -0.05) is 6.07 Å². The van der Waals surface area contributed by atoms with Crippen LogP contribution in [0.4, 0.5) is 0 Å². The lowest BCUT2D eigenvalue weighted by molar-refractivity contribution is -0.128. The predicted molar refractivity (Wildman–Crippen MR) is 98.4 cm³/mol. The number of nitrogens with one attached hydrogen (secondary N) is 2. The van der Waals surface area contributed by atoms with Gasteiger partial charge in [0, 0.05) is 19.6 Å². The molecule has 0 aromatic carbocycles. The fraction of sp³-hybridized carbons (Fsp3) is 0.471. The van der Waals surface area contributed by atoms with E-state index >= 15 is 0 Å². The molecule has 1 aliphatic rings. The molecule has 3 rings (SSSR count). The highest BCUT2D eigenvalue weighted by Gasteiger charge is 2.17. The van der Waals surface area contributed by atoms with Crippen LogP contribution in [-0.2, 0) is 11.3 Å². The van der Waals surface area contributed by atoms with E-state index < -0.39 is 0 Å². The number of guanidine groups is 1. The van der Waals surface area contributed by atoms with Gasteiger partial charge in [-0.05, 0) is 31.2 Å². The number of carbonyl (C=O) groups is 1. The average Bonchev–Trinajstić information content (AvgIpc) is 3.38. The zero-order valence-electron chi connectivity index (χ0n) is 14.3. The minimum atomic E-state index is 0.115. The summed E-state index contributed by atoms with van der Waals surface area (Å²) in [5.74, 6) is 1.34. The van der Waals surface area contributed by atoms with Crippen LogP contribution in [0.15, 0.2) is 33.2 Å². The van der Waals surface area contributed by atoms with Crippen LogP contribution in [0, 0.1) is 0 Å². The summed E-state index contributed by atoms with van der Waals surface area (Å²) < 4.78 is 5.50. The fourth-order valence-corrected chi connectivity index (χ4v) is 3.29. The van der Waals surface area contributed by atoms with E-state index in [0.717, 1.165) is 43.0 Å². The predicted octanol–water partition coefficient (Wildman–Crippen LogP) is 2.08. The number of hydrogen-bond acceptors (Lipinski definition) is 5. The van der Waals surface area contributed by atoms with Crippen molar-refractivity contribution in [3.8, 4) is 10.8 Å². The van der Waals surface area contributed by atoms with E-state index in [0.29, 0.717) is 18.4 Å². The van der Waals surface area contributed by atoms with Crippen LogP contribution >= 0.6 is 11.3 Å². The molecule has 1 amide bonds. The number of oxazole rings is 1. The number of aliphatic imine (C=N–C) groups is 1. The van der Waals surface area contributed by atoms with Crippen LogP contribution in [0.25, 0.3) is 10.8 Å². The minimum absolute atomic E-state index is 0.115. The molecule has 2 aromatic rings. The Morgan fingerprint density at radius 2 is 2.24 bits per heavy atom. The topological polar surface area (TPSA) is 82.8 Å². The van der Waals surface area contributed by atoms with E-state index in [9.17, 15) is 4.79 Å². The van der Waals surface area contributed by atoms with E-state index in [1.165, 1.54) is 0 Å². The second-order valence-electron chi connectivity index (χ2n) is 5.76. The van der Waals surface area contributed by atoms with Gasteiger partial charge in [0.2, 0.25) is 11.8 Å². The van der Waals surface area contributed by atoms with Crippen LogP contribution in [-0.4, -0.2) is 47.9 Å². The van der Waals surface area contributed by atoms with Crippen molar-refractivity contribution >= 4 is 23.2 Å². The number of amides is 1. The minimum Gasteiger partial charge on any atom is -0.443 e. The fourth-order valence-electron chi connectivity index (χ4n) is 2.63. The Hall–Kier alpha value is -2.35. The molecule has 0 bridgehead atoms. The molecule has 1 saturated heterocycles. The summed E-state index contributed by atoms with van der Waals surface area (Å²) in [5, 5.41) is 8.23. The molecular weight excluding hydrogens is 338 g/mol. The van der Waals surface area contributed by atoms with Gasteiger partial charge in [0.1, 0.15) is 12.0 Å². The third-order valence-corrected chi connectivity index (χ3v) is 4.75. The Balaban J connectivity index is 1.55. The van der Waals surface area contributed by atoms with Gasteiger partial charge in [0.25, 0.3) is 0 Å². The van der Waals surface area contributed by atoms with Crippen LogP contribution < -0.4 is 10.6 Å². The largest absolute Gasteiger partial charge is 0.443 e. The number of hydrogen-bond donors (Lipinski definition) is 2. The molecule has 0 radical (unpaired) electrons. The summed E-state index contributed by atoms with van der Waals surface area (Å²) in [6, 6.07) is 3.94. The molecule has 0 spiro atoms. The standard InChI is InChI=1S/C17H23N5O2S/c1-2-18-17(20-11-15(23)22-7-3-4-8-22)19-10-13-12-24-16(21-13)14-6-5-9-25-14/h5-6,9,12H,2-4,7-8,10-11H2,1H3,(H2,18,19,20). The molecule has 7 nitrogen and oxygen atoms in total. The lowest BCUT2D eigenvalue weighted by atomic mass is 10.4. The molecule has 1 fully saturated rings. The Bertz CT molecular complexity index is 704. The maximum atomic E-state index is 12.1. The summed E-state index contributed by atoms with van der Waals surface area (Å²) in [6.45, 7) is 5.08. The van der Waals surface area contributed by atoms with Gasteiger partial charge in [0.15, 0.2) is 5.96 Å². The van der Waals surface area contributed by atoms with Gasteiger partial charge in [-0.3, -0.25) is 4.79 Å². The number of thiophene rings is 1. The van der Waals surface area contributed by atoms with Gasteiger partial charge in [-0.25, -0.2) is 9.98 Å². The SMILES string of the molecule is CCNC(=NCc1coc(-c2cccs2)n1)NCC(=O)N1CCCC1. The molecule has 134 valence electrons. The molecule has 0 unspecified atom stereocenters. The van der Waals surface area contributed by atoms with Crippen molar-refractivity contribution in [3.63, 3.8) is 0 Å². The number of aromatic nitrogens is 1.